The molecule has 164 valence electrons. The second kappa shape index (κ2) is 10.3. The number of anilines is 1. The molecule has 32 heavy (non-hydrogen) atoms. The lowest BCUT2D eigenvalue weighted by molar-refractivity contribution is -0.120. The quantitative estimate of drug-likeness (QED) is 0.531. The van der Waals surface area contributed by atoms with Gasteiger partial charge in [0.05, 0.1) is 6.54 Å². The van der Waals surface area contributed by atoms with Crippen LogP contribution in [0.1, 0.15) is 37.4 Å². The van der Waals surface area contributed by atoms with E-state index in [0.29, 0.717) is 16.8 Å². The van der Waals surface area contributed by atoms with E-state index in [4.69, 9.17) is 0 Å². The van der Waals surface area contributed by atoms with E-state index in [0.717, 1.165) is 16.7 Å². The van der Waals surface area contributed by atoms with Crippen LogP contribution in [0.4, 0.5) is 10.1 Å². The summed E-state index contributed by atoms with van der Waals surface area (Å²) in [5.41, 5.74) is 4.27. The number of rotatable bonds is 7. The Morgan fingerprint density at radius 1 is 0.781 bits per heavy atom. The van der Waals surface area contributed by atoms with Crippen LogP contribution in [0.3, 0.4) is 0 Å². The highest BCUT2D eigenvalue weighted by Crippen LogP contribution is 2.13. The largest absolute Gasteiger partial charge is 0.350 e. The number of amides is 3. The number of hydrogen-bond donors (Lipinski definition) is 3. The van der Waals surface area contributed by atoms with E-state index in [1.165, 1.54) is 24.3 Å². The summed E-state index contributed by atoms with van der Waals surface area (Å²) >= 11 is 0. The van der Waals surface area contributed by atoms with E-state index < -0.39 is 5.82 Å². The molecule has 3 N–H and O–H groups in total. The van der Waals surface area contributed by atoms with E-state index in [9.17, 15) is 18.8 Å². The predicted octanol–water partition coefficient (Wildman–Crippen LogP) is 3.74. The first-order valence-corrected chi connectivity index (χ1v) is 10.1. The summed E-state index contributed by atoms with van der Waals surface area (Å²) in [6.07, 6.45) is 0. The number of benzene rings is 3. The molecule has 0 atom stereocenters. The van der Waals surface area contributed by atoms with E-state index >= 15 is 0 Å². The topological polar surface area (TPSA) is 87.3 Å². The van der Waals surface area contributed by atoms with Crippen molar-refractivity contribution < 1.29 is 18.8 Å². The molecule has 0 unspecified atom stereocenters. The van der Waals surface area contributed by atoms with Gasteiger partial charge in [-0.3, -0.25) is 14.4 Å². The van der Waals surface area contributed by atoms with E-state index in [1.54, 1.807) is 30.3 Å². The molecule has 3 rings (SSSR count). The van der Waals surface area contributed by atoms with Crippen molar-refractivity contribution in [2.45, 2.75) is 20.4 Å². The molecule has 0 aliphatic heterocycles. The van der Waals surface area contributed by atoms with Crippen molar-refractivity contribution in [1.29, 1.82) is 0 Å². The van der Waals surface area contributed by atoms with Crippen molar-refractivity contribution in [1.82, 2.24) is 10.6 Å². The summed E-state index contributed by atoms with van der Waals surface area (Å²) in [5.74, 6) is -1.42. The third-order valence-corrected chi connectivity index (χ3v) is 4.96. The minimum atomic E-state index is -0.413. The predicted molar refractivity (Wildman–Crippen MR) is 121 cm³/mol. The summed E-state index contributed by atoms with van der Waals surface area (Å²) in [6, 6.07) is 17.6. The van der Waals surface area contributed by atoms with Gasteiger partial charge >= 0.3 is 0 Å². The first kappa shape index (κ1) is 22.7. The number of nitrogens with one attached hydrogen (secondary N) is 3. The maximum absolute atomic E-state index is 13.0. The fourth-order valence-corrected chi connectivity index (χ4v) is 2.97. The van der Waals surface area contributed by atoms with Gasteiger partial charge in [-0.05, 0) is 79.1 Å². The number of halogens is 1. The summed E-state index contributed by atoms with van der Waals surface area (Å²) in [7, 11) is 0. The highest BCUT2D eigenvalue weighted by atomic mass is 19.1. The van der Waals surface area contributed by atoms with Crippen LogP contribution in [0.15, 0.2) is 66.7 Å². The summed E-state index contributed by atoms with van der Waals surface area (Å²) < 4.78 is 13.0. The van der Waals surface area contributed by atoms with Gasteiger partial charge in [-0.25, -0.2) is 4.39 Å². The first-order chi connectivity index (χ1) is 15.3. The van der Waals surface area contributed by atoms with Crippen LogP contribution in [0, 0.1) is 19.7 Å². The monoisotopic (exact) mass is 433 g/mol. The number of aryl methyl sites for hydroxylation is 2. The van der Waals surface area contributed by atoms with Crippen molar-refractivity contribution in [3.63, 3.8) is 0 Å². The lowest BCUT2D eigenvalue weighted by Gasteiger charge is -2.10. The molecule has 3 amide bonds. The SMILES string of the molecule is Cc1ccc(C(=O)NCC(=O)NCc2cccc(NC(=O)c3ccc(F)cc3)c2)cc1C. The van der Waals surface area contributed by atoms with Gasteiger partial charge in [0, 0.05) is 23.4 Å². The van der Waals surface area contributed by atoms with Gasteiger partial charge in [-0.1, -0.05) is 18.2 Å². The Morgan fingerprint density at radius 3 is 2.22 bits per heavy atom. The highest BCUT2D eigenvalue weighted by molar-refractivity contribution is 6.04. The van der Waals surface area contributed by atoms with Gasteiger partial charge in [0.25, 0.3) is 11.8 Å². The average molecular weight is 433 g/mol. The first-order valence-electron chi connectivity index (χ1n) is 10.1. The van der Waals surface area contributed by atoms with Crippen molar-refractivity contribution >= 4 is 23.4 Å². The summed E-state index contributed by atoms with van der Waals surface area (Å²) in [4.78, 5) is 36.6. The third-order valence-electron chi connectivity index (χ3n) is 4.96. The second-order valence-electron chi connectivity index (χ2n) is 7.42. The Morgan fingerprint density at radius 2 is 1.50 bits per heavy atom. The Labute approximate surface area is 185 Å². The van der Waals surface area contributed by atoms with Crippen molar-refractivity contribution in [2.24, 2.45) is 0 Å². The van der Waals surface area contributed by atoms with Crippen LogP contribution in [-0.2, 0) is 11.3 Å². The fraction of sp³-hybridized carbons (Fsp3) is 0.160. The van der Waals surface area contributed by atoms with E-state index in [-0.39, 0.29) is 30.8 Å². The summed E-state index contributed by atoms with van der Waals surface area (Å²) in [5, 5.41) is 8.08. The molecule has 0 radical (unpaired) electrons. The molecular weight excluding hydrogens is 409 g/mol. The highest BCUT2D eigenvalue weighted by Gasteiger charge is 2.10. The van der Waals surface area contributed by atoms with Gasteiger partial charge in [0.15, 0.2) is 0 Å². The minimum absolute atomic E-state index is 0.146. The molecule has 0 fully saturated rings. The van der Waals surface area contributed by atoms with Gasteiger partial charge in [-0.2, -0.15) is 0 Å². The normalized spacial score (nSPS) is 10.3. The molecule has 6 nitrogen and oxygen atoms in total. The summed E-state index contributed by atoms with van der Waals surface area (Å²) in [6.45, 7) is 3.98. The number of carbonyl (C=O) groups is 3. The smallest absolute Gasteiger partial charge is 0.255 e. The molecule has 0 bridgehead atoms. The van der Waals surface area contributed by atoms with Crippen LogP contribution in [0.2, 0.25) is 0 Å². The Bertz CT molecular complexity index is 1140. The molecular formula is C25H24FN3O3. The molecule has 0 heterocycles. The Balaban J connectivity index is 1.49. The van der Waals surface area contributed by atoms with E-state index in [1.807, 2.05) is 26.0 Å². The van der Waals surface area contributed by atoms with Crippen molar-refractivity contribution in [2.75, 3.05) is 11.9 Å². The van der Waals surface area contributed by atoms with Crippen LogP contribution < -0.4 is 16.0 Å². The van der Waals surface area contributed by atoms with Gasteiger partial charge < -0.3 is 16.0 Å². The molecule has 0 aliphatic rings. The lowest BCUT2D eigenvalue weighted by atomic mass is 10.1. The number of hydrogen-bond acceptors (Lipinski definition) is 3. The molecule has 0 aromatic heterocycles. The zero-order valence-electron chi connectivity index (χ0n) is 17.9. The van der Waals surface area contributed by atoms with Gasteiger partial charge in [0.2, 0.25) is 5.91 Å². The molecule has 0 saturated heterocycles. The van der Waals surface area contributed by atoms with Crippen LogP contribution in [-0.4, -0.2) is 24.3 Å². The molecule has 7 heteroatoms. The van der Waals surface area contributed by atoms with Crippen LogP contribution in [0.5, 0.6) is 0 Å². The van der Waals surface area contributed by atoms with Crippen LogP contribution >= 0.6 is 0 Å². The van der Waals surface area contributed by atoms with Crippen molar-refractivity contribution in [3.05, 3.63) is 100 Å². The number of carbonyl (C=O) groups excluding carboxylic acids is 3. The lowest BCUT2D eigenvalue weighted by Crippen LogP contribution is -2.36. The molecule has 3 aromatic rings. The molecule has 0 saturated carbocycles. The molecule has 3 aromatic carbocycles. The standard InChI is InChI=1S/C25H24FN3O3/c1-16-6-7-20(12-17(16)2)24(31)28-15-23(30)27-14-18-4-3-5-22(13-18)29-25(32)19-8-10-21(26)11-9-19/h3-13H,14-15H2,1-2H3,(H,27,30)(H,28,31)(H,29,32). The zero-order chi connectivity index (χ0) is 23.1. The maximum Gasteiger partial charge on any atom is 0.255 e. The minimum Gasteiger partial charge on any atom is -0.350 e. The van der Waals surface area contributed by atoms with Gasteiger partial charge in [0.1, 0.15) is 5.82 Å². The second-order valence-corrected chi connectivity index (χ2v) is 7.42. The average Bonchev–Trinajstić information content (AvgIpc) is 2.78. The fourth-order valence-electron chi connectivity index (χ4n) is 2.97. The maximum atomic E-state index is 13.0. The van der Waals surface area contributed by atoms with Gasteiger partial charge in [-0.15, -0.1) is 0 Å². The van der Waals surface area contributed by atoms with E-state index in [2.05, 4.69) is 16.0 Å². The third kappa shape index (κ3) is 6.25. The Kier molecular flexibility index (Phi) is 7.33. The Hall–Kier alpha value is -4.00. The van der Waals surface area contributed by atoms with Crippen LogP contribution in [0.25, 0.3) is 0 Å². The molecule has 0 spiro atoms. The molecule has 0 aliphatic carbocycles. The van der Waals surface area contributed by atoms with Crippen molar-refractivity contribution in [3.8, 4) is 0 Å². The zero-order valence-corrected chi connectivity index (χ0v) is 17.9.